The molecular weight excluding hydrogens is 166 g/mol. The minimum absolute atomic E-state index is 0.250. The Morgan fingerprint density at radius 2 is 2.31 bits per heavy atom. The summed E-state index contributed by atoms with van der Waals surface area (Å²) in [6, 6.07) is 0.370. The van der Waals surface area contributed by atoms with Crippen LogP contribution in [0.5, 0.6) is 0 Å². The van der Waals surface area contributed by atoms with Gasteiger partial charge in [0.05, 0.1) is 6.10 Å². The van der Waals surface area contributed by atoms with Gasteiger partial charge in [0, 0.05) is 25.8 Å². The molecule has 0 bridgehead atoms. The zero-order chi connectivity index (χ0) is 9.68. The first kappa shape index (κ1) is 11.0. The molecule has 1 aliphatic rings. The number of nitrogens with one attached hydrogen (secondary N) is 1. The third-order valence-electron chi connectivity index (χ3n) is 2.83. The van der Waals surface area contributed by atoms with Crippen molar-refractivity contribution >= 4 is 0 Å². The van der Waals surface area contributed by atoms with E-state index in [9.17, 15) is 0 Å². The lowest BCUT2D eigenvalue weighted by atomic mass is 10.1. The van der Waals surface area contributed by atoms with Crippen molar-refractivity contribution < 1.29 is 9.84 Å². The van der Waals surface area contributed by atoms with E-state index in [1.807, 2.05) is 6.92 Å². The second-order valence-corrected chi connectivity index (χ2v) is 3.99. The van der Waals surface area contributed by atoms with Crippen molar-refractivity contribution in [3.63, 3.8) is 0 Å². The van der Waals surface area contributed by atoms with Gasteiger partial charge in [-0.1, -0.05) is 6.92 Å². The predicted molar refractivity (Wildman–Crippen MR) is 52.7 cm³/mol. The zero-order valence-corrected chi connectivity index (χ0v) is 8.62. The molecule has 3 heteroatoms. The molecule has 78 valence electrons. The summed E-state index contributed by atoms with van der Waals surface area (Å²) in [5, 5.41) is 12.3. The van der Waals surface area contributed by atoms with Crippen molar-refractivity contribution in [3.05, 3.63) is 0 Å². The van der Waals surface area contributed by atoms with Crippen molar-refractivity contribution in [3.8, 4) is 0 Å². The number of ether oxygens (including phenoxy) is 1. The topological polar surface area (TPSA) is 41.5 Å². The average molecular weight is 187 g/mol. The summed E-state index contributed by atoms with van der Waals surface area (Å²) in [4.78, 5) is 0. The van der Waals surface area contributed by atoms with E-state index in [4.69, 9.17) is 9.84 Å². The van der Waals surface area contributed by atoms with Crippen LogP contribution in [0, 0.1) is 5.92 Å². The number of aliphatic hydroxyl groups is 1. The molecule has 0 aromatic carbocycles. The minimum atomic E-state index is 0.250. The van der Waals surface area contributed by atoms with Gasteiger partial charge in [-0.15, -0.1) is 0 Å². The number of hydrogen-bond acceptors (Lipinski definition) is 3. The minimum Gasteiger partial charge on any atom is -0.396 e. The van der Waals surface area contributed by atoms with Gasteiger partial charge in [-0.25, -0.2) is 0 Å². The largest absolute Gasteiger partial charge is 0.396 e. The SMILES string of the molecule is CC(CO)C(C)NCC1CCCO1. The molecule has 1 aliphatic heterocycles. The Morgan fingerprint density at radius 1 is 1.54 bits per heavy atom. The number of hydrogen-bond donors (Lipinski definition) is 2. The van der Waals surface area contributed by atoms with E-state index in [0.717, 1.165) is 13.2 Å². The Hall–Kier alpha value is -0.120. The standard InChI is InChI=1S/C10H21NO2/c1-8(7-12)9(2)11-6-10-4-3-5-13-10/h8-12H,3-7H2,1-2H3. The van der Waals surface area contributed by atoms with E-state index in [0.29, 0.717) is 18.1 Å². The van der Waals surface area contributed by atoms with Crippen LogP contribution in [0.1, 0.15) is 26.7 Å². The van der Waals surface area contributed by atoms with E-state index in [2.05, 4.69) is 12.2 Å². The monoisotopic (exact) mass is 187 g/mol. The highest BCUT2D eigenvalue weighted by atomic mass is 16.5. The molecule has 3 nitrogen and oxygen atoms in total. The molecule has 0 radical (unpaired) electrons. The van der Waals surface area contributed by atoms with Gasteiger partial charge in [-0.05, 0) is 25.7 Å². The molecule has 0 spiro atoms. The Kier molecular flexibility index (Phi) is 4.70. The summed E-state index contributed by atoms with van der Waals surface area (Å²) >= 11 is 0. The molecule has 0 aromatic heterocycles. The molecule has 0 amide bonds. The predicted octanol–water partition coefficient (Wildman–Crippen LogP) is 0.772. The lowest BCUT2D eigenvalue weighted by Gasteiger charge is -2.21. The molecule has 3 atom stereocenters. The second-order valence-electron chi connectivity index (χ2n) is 3.99. The van der Waals surface area contributed by atoms with E-state index in [1.54, 1.807) is 0 Å². The quantitative estimate of drug-likeness (QED) is 0.668. The van der Waals surface area contributed by atoms with Gasteiger partial charge in [-0.2, -0.15) is 0 Å². The van der Waals surface area contributed by atoms with Crippen molar-refractivity contribution in [1.29, 1.82) is 0 Å². The van der Waals surface area contributed by atoms with Crippen molar-refractivity contribution in [1.82, 2.24) is 5.32 Å². The first-order valence-electron chi connectivity index (χ1n) is 5.20. The second kappa shape index (κ2) is 5.58. The highest BCUT2D eigenvalue weighted by Gasteiger charge is 2.17. The van der Waals surface area contributed by atoms with Crippen LogP contribution < -0.4 is 5.32 Å². The summed E-state index contributed by atoms with van der Waals surface area (Å²) in [6.45, 7) is 6.24. The highest BCUT2D eigenvalue weighted by Crippen LogP contribution is 2.11. The van der Waals surface area contributed by atoms with Crippen LogP contribution in [0.15, 0.2) is 0 Å². The zero-order valence-electron chi connectivity index (χ0n) is 8.62. The van der Waals surface area contributed by atoms with E-state index in [-0.39, 0.29) is 6.61 Å². The normalized spacial score (nSPS) is 27.5. The van der Waals surface area contributed by atoms with E-state index < -0.39 is 0 Å². The molecule has 1 saturated heterocycles. The maximum Gasteiger partial charge on any atom is 0.0700 e. The fourth-order valence-electron chi connectivity index (χ4n) is 1.48. The Morgan fingerprint density at radius 3 is 2.85 bits per heavy atom. The van der Waals surface area contributed by atoms with Gasteiger partial charge >= 0.3 is 0 Å². The average Bonchev–Trinajstić information content (AvgIpc) is 2.65. The van der Waals surface area contributed by atoms with Crippen molar-refractivity contribution in [2.45, 2.75) is 38.8 Å². The van der Waals surface area contributed by atoms with Crippen LogP contribution in [0.2, 0.25) is 0 Å². The smallest absolute Gasteiger partial charge is 0.0700 e. The van der Waals surface area contributed by atoms with Crippen molar-refractivity contribution in [2.75, 3.05) is 19.8 Å². The molecule has 0 aromatic rings. The molecule has 13 heavy (non-hydrogen) atoms. The lowest BCUT2D eigenvalue weighted by Crippen LogP contribution is -2.38. The molecule has 0 aliphatic carbocycles. The van der Waals surface area contributed by atoms with E-state index >= 15 is 0 Å². The Bertz CT molecular complexity index is 135. The van der Waals surface area contributed by atoms with Crippen LogP contribution in [0.25, 0.3) is 0 Å². The first-order valence-corrected chi connectivity index (χ1v) is 5.20. The van der Waals surface area contributed by atoms with Crippen LogP contribution in [-0.2, 0) is 4.74 Å². The Balaban J connectivity index is 2.10. The maximum atomic E-state index is 8.93. The molecule has 1 heterocycles. The van der Waals surface area contributed by atoms with Gasteiger partial charge in [0.2, 0.25) is 0 Å². The van der Waals surface area contributed by atoms with E-state index in [1.165, 1.54) is 12.8 Å². The molecule has 1 rings (SSSR count). The van der Waals surface area contributed by atoms with Gasteiger partial charge in [0.15, 0.2) is 0 Å². The highest BCUT2D eigenvalue weighted by molar-refractivity contribution is 4.73. The van der Waals surface area contributed by atoms with Crippen LogP contribution in [0.4, 0.5) is 0 Å². The van der Waals surface area contributed by atoms with Gasteiger partial charge in [-0.3, -0.25) is 0 Å². The Labute approximate surface area is 80.5 Å². The summed E-state index contributed by atoms with van der Waals surface area (Å²) in [5.41, 5.74) is 0. The van der Waals surface area contributed by atoms with Gasteiger partial charge in [0.1, 0.15) is 0 Å². The molecule has 3 unspecified atom stereocenters. The maximum absolute atomic E-state index is 8.93. The summed E-state index contributed by atoms with van der Waals surface area (Å²) in [5.74, 6) is 0.321. The summed E-state index contributed by atoms with van der Waals surface area (Å²) in [7, 11) is 0. The van der Waals surface area contributed by atoms with Crippen LogP contribution in [-0.4, -0.2) is 37.0 Å². The van der Waals surface area contributed by atoms with Crippen LogP contribution >= 0.6 is 0 Å². The molecule has 0 saturated carbocycles. The molecular formula is C10H21NO2. The van der Waals surface area contributed by atoms with Gasteiger partial charge in [0.25, 0.3) is 0 Å². The summed E-state index contributed by atoms with van der Waals surface area (Å²) in [6.07, 6.45) is 2.76. The fourth-order valence-corrected chi connectivity index (χ4v) is 1.48. The molecule has 2 N–H and O–H groups in total. The molecule has 1 fully saturated rings. The third kappa shape index (κ3) is 3.63. The number of rotatable bonds is 5. The lowest BCUT2D eigenvalue weighted by molar-refractivity contribution is 0.103. The van der Waals surface area contributed by atoms with Crippen molar-refractivity contribution in [2.24, 2.45) is 5.92 Å². The number of aliphatic hydroxyl groups excluding tert-OH is 1. The third-order valence-corrected chi connectivity index (χ3v) is 2.83. The first-order chi connectivity index (χ1) is 6.24. The fraction of sp³-hybridized carbons (Fsp3) is 1.00. The van der Waals surface area contributed by atoms with Gasteiger partial charge < -0.3 is 15.2 Å². The summed E-state index contributed by atoms with van der Waals surface area (Å²) < 4.78 is 5.49. The van der Waals surface area contributed by atoms with Crippen LogP contribution in [0.3, 0.4) is 0 Å².